The van der Waals surface area contributed by atoms with Gasteiger partial charge in [0.25, 0.3) is 5.91 Å². The van der Waals surface area contributed by atoms with Gasteiger partial charge >= 0.3 is 0 Å². The Morgan fingerprint density at radius 2 is 2.29 bits per heavy atom. The molecule has 0 saturated heterocycles. The first kappa shape index (κ1) is 14.3. The first-order valence-corrected chi connectivity index (χ1v) is 6.22. The Hall–Kier alpha value is -3.07. The van der Waals surface area contributed by atoms with E-state index in [2.05, 4.69) is 10.4 Å². The number of aromatic nitrogens is 2. The number of hydrogen-bond acceptors (Lipinski definition) is 4. The Morgan fingerprint density at radius 1 is 1.52 bits per heavy atom. The van der Waals surface area contributed by atoms with E-state index in [9.17, 15) is 9.90 Å². The van der Waals surface area contributed by atoms with Crippen LogP contribution >= 0.6 is 0 Å². The van der Waals surface area contributed by atoms with Crippen molar-refractivity contribution in [2.45, 2.75) is 6.92 Å². The standard InChI is InChI=1S/C15H14N4O2/c1-10-12(9-17-19(10)2)6-11(8-16)15(21)18-13-4-3-5-14(20)7-13/h3-7,9,20H,1-2H3,(H,18,21)/b11-6+. The highest BCUT2D eigenvalue weighted by Gasteiger charge is 2.11. The highest BCUT2D eigenvalue weighted by molar-refractivity contribution is 6.09. The molecule has 0 aliphatic heterocycles. The number of amides is 1. The Labute approximate surface area is 121 Å². The van der Waals surface area contributed by atoms with E-state index in [0.29, 0.717) is 11.3 Å². The quantitative estimate of drug-likeness (QED) is 0.665. The average Bonchev–Trinajstić information content (AvgIpc) is 2.76. The minimum absolute atomic E-state index is 0.0329. The highest BCUT2D eigenvalue weighted by Crippen LogP contribution is 2.17. The number of nitrogens with zero attached hydrogens (tertiary/aromatic N) is 3. The minimum Gasteiger partial charge on any atom is -0.508 e. The van der Waals surface area contributed by atoms with Crippen LogP contribution in [0.3, 0.4) is 0 Å². The number of nitriles is 1. The Balaban J connectivity index is 2.24. The van der Waals surface area contributed by atoms with E-state index in [-0.39, 0.29) is 11.3 Å². The SMILES string of the molecule is Cc1c(/C=C(\C#N)C(=O)Nc2cccc(O)c2)cnn1C. The third kappa shape index (κ3) is 3.28. The lowest BCUT2D eigenvalue weighted by Crippen LogP contribution is -2.13. The molecule has 1 aromatic carbocycles. The van der Waals surface area contributed by atoms with Crippen molar-refractivity contribution in [1.82, 2.24) is 9.78 Å². The second-order valence-corrected chi connectivity index (χ2v) is 4.48. The molecular weight excluding hydrogens is 268 g/mol. The monoisotopic (exact) mass is 282 g/mol. The van der Waals surface area contributed by atoms with Crippen LogP contribution < -0.4 is 5.32 Å². The van der Waals surface area contributed by atoms with Crippen LogP contribution in [0.5, 0.6) is 5.75 Å². The van der Waals surface area contributed by atoms with Gasteiger partial charge in [-0.1, -0.05) is 6.07 Å². The summed E-state index contributed by atoms with van der Waals surface area (Å²) in [6.07, 6.45) is 3.08. The summed E-state index contributed by atoms with van der Waals surface area (Å²) < 4.78 is 1.66. The zero-order valence-electron chi connectivity index (χ0n) is 11.7. The maximum Gasteiger partial charge on any atom is 0.266 e. The van der Waals surface area contributed by atoms with Crippen molar-refractivity contribution in [2.24, 2.45) is 7.05 Å². The number of rotatable bonds is 3. The first-order valence-electron chi connectivity index (χ1n) is 6.22. The number of anilines is 1. The maximum atomic E-state index is 12.1. The number of hydrogen-bond donors (Lipinski definition) is 2. The molecule has 0 atom stereocenters. The summed E-state index contributed by atoms with van der Waals surface area (Å²) in [5, 5.41) is 25.1. The molecule has 0 unspecified atom stereocenters. The molecule has 1 aromatic heterocycles. The van der Waals surface area contributed by atoms with Gasteiger partial charge in [0, 0.05) is 30.1 Å². The van der Waals surface area contributed by atoms with Gasteiger partial charge in [-0.3, -0.25) is 9.48 Å². The molecule has 6 nitrogen and oxygen atoms in total. The summed E-state index contributed by atoms with van der Waals surface area (Å²) in [5.74, 6) is -0.496. The zero-order valence-corrected chi connectivity index (χ0v) is 11.7. The van der Waals surface area contributed by atoms with Crippen molar-refractivity contribution in [3.8, 4) is 11.8 Å². The van der Waals surface area contributed by atoms with Gasteiger partial charge in [-0.05, 0) is 25.1 Å². The van der Waals surface area contributed by atoms with E-state index in [4.69, 9.17) is 5.26 Å². The van der Waals surface area contributed by atoms with Crippen molar-refractivity contribution >= 4 is 17.7 Å². The predicted octanol–water partition coefficient (Wildman–Crippen LogP) is 1.98. The van der Waals surface area contributed by atoms with Crippen molar-refractivity contribution in [3.63, 3.8) is 0 Å². The highest BCUT2D eigenvalue weighted by atomic mass is 16.3. The molecule has 2 N–H and O–H groups in total. The fourth-order valence-corrected chi connectivity index (χ4v) is 1.74. The third-order valence-electron chi connectivity index (χ3n) is 3.04. The molecule has 0 saturated carbocycles. The van der Waals surface area contributed by atoms with E-state index >= 15 is 0 Å². The van der Waals surface area contributed by atoms with Crippen molar-refractivity contribution in [2.75, 3.05) is 5.32 Å². The molecule has 1 amide bonds. The Bertz CT molecular complexity index is 753. The van der Waals surface area contributed by atoms with Crippen LogP contribution in [0.1, 0.15) is 11.3 Å². The first-order chi connectivity index (χ1) is 10.0. The van der Waals surface area contributed by atoms with Gasteiger partial charge in [-0.25, -0.2) is 0 Å². The molecule has 0 aliphatic carbocycles. The number of nitrogens with one attached hydrogen (secondary N) is 1. The van der Waals surface area contributed by atoms with Crippen LogP contribution in [0.2, 0.25) is 0 Å². The summed E-state index contributed by atoms with van der Waals surface area (Å²) in [5.41, 5.74) is 1.95. The summed E-state index contributed by atoms with van der Waals surface area (Å²) in [7, 11) is 1.78. The summed E-state index contributed by atoms with van der Waals surface area (Å²) in [4.78, 5) is 12.1. The van der Waals surface area contributed by atoms with Gasteiger partial charge in [-0.15, -0.1) is 0 Å². The van der Waals surface area contributed by atoms with E-state index in [0.717, 1.165) is 5.69 Å². The molecule has 6 heteroatoms. The second-order valence-electron chi connectivity index (χ2n) is 4.48. The maximum absolute atomic E-state index is 12.1. The molecule has 1 heterocycles. The molecule has 0 spiro atoms. The Kier molecular flexibility index (Phi) is 4.05. The number of phenols is 1. The molecule has 0 fully saturated rings. The zero-order chi connectivity index (χ0) is 15.4. The van der Waals surface area contributed by atoms with Crippen LogP contribution in [0, 0.1) is 18.3 Å². The van der Waals surface area contributed by atoms with Gasteiger partial charge in [0.1, 0.15) is 17.4 Å². The van der Waals surface area contributed by atoms with Crippen molar-refractivity contribution in [1.29, 1.82) is 5.26 Å². The average molecular weight is 282 g/mol. The fraction of sp³-hybridized carbons (Fsp3) is 0.133. The van der Waals surface area contributed by atoms with E-state index in [1.807, 2.05) is 13.0 Å². The lowest BCUT2D eigenvalue weighted by molar-refractivity contribution is -0.112. The van der Waals surface area contributed by atoms with E-state index < -0.39 is 5.91 Å². The Morgan fingerprint density at radius 3 is 2.86 bits per heavy atom. The normalized spacial score (nSPS) is 11.0. The van der Waals surface area contributed by atoms with Crippen LogP contribution in [0.15, 0.2) is 36.0 Å². The summed E-state index contributed by atoms with van der Waals surface area (Å²) in [6, 6.07) is 8.00. The van der Waals surface area contributed by atoms with Gasteiger partial charge in [-0.2, -0.15) is 10.4 Å². The summed E-state index contributed by atoms with van der Waals surface area (Å²) in [6.45, 7) is 1.85. The van der Waals surface area contributed by atoms with Crippen LogP contribution in [0.4, 0.5) is 5.69 Å². The number of phenolic OH excluding ortho intramolecular Hbond substituents is 1. The molecule has 0 bridgehead atoms. The number of carbonyl (C=O) groups is 1. The predicted molar refractivity (Wildman–Crippen MR) is 78.3 cm³/mol. The molecule has 2 rings (SSSR count). The molecule has 21 heavy (non-hydrogen) atoms. The van der Waals surface area contributed by atoms with Crippen molar-refractivity contribution in [3.05, 3.63) is 47.3 Å². The van der Waals surface area contributed by atoms with Gasteiger partial charge in [0.2, 0.25) is 0 Å². The largest absolute Gasteiger partial charge is 0.508 e. The number of benzene rings is 1. The van der Waals surface area contributed by atoms with Gasteiger partial charge in [0.05, 0.1) is 6.20 Å². The van der Waals surface area contributed by atoms with Gasteiger partial charge in [0.15, 0.2) is 0 Å². The van der Waals surface area contributed by atoms with Crippen LogP contribution in [-0.2, 0) is 11.8 Å². The molecule has 2 aromatic rings. The van der Waals surface area contributed by atoms with Crippen molar-refractivity contribution < 1.29 is 9.90 Å². The van der Waals surface area contributed by atoms with Crippen LogP contribution in [-0.4, -0.2) is 20.8 Å². The molecule has 0 radical (unpaired) electrons. The second kappa shape index (κ2) is 5.92. The number of aryl methyl sites for hydroxylation is 1. The topological polar surface area (TPSA) is 90.9 Å². The minimum atomic E-state index is -0.536. The molecule has 106 valence electrons. The lowest BCUT2D eigenvalue weighted by Gasteiger charge is -2.04. The van der Waals surface area contributed by atoms with Gasteiger partial charge < -0.3 is 10.4 Å². The fourth-order valence-electron chi connectivity index (χ4n) is 1.74. The smallest absolute Gasteiger partial charge is 0.266 e. The number of carbonyl (C=O) groups excluding carboxylic acids is 1. The molecular formula is C15H14N4O2. The van der Waals surface area contributed by atoms with E-state index in [1.165, 1.54) is 18.2 Å². The molecule has 0 aliphatic rings. The summed E-state index contributed by atoms with van der Waals surface area (Å²) >= 11 is 0. The third-order valence-corrected chi connectivity index (χ3v) is 3.04. The van der Waals surface area contributed by atoms with E-state index in [1.54, 1.807) is 30.1 Å². The lowest BCUT2D eigenvalue weighted by atomic mass is 10.1. The van der Waals surface area contributed by atoms with Crippen LogP contribution in [0.25, 0.3) is 6.08 Å². The number of aromatic hydroxyl groups is 1.